The van der Waals surface area contributed by atoms with Gasteiger partial charge in [-0.25, -0.2) is 0 Å². The van der Waals surface area contributed by atoms with Crippen molar-refractivity contribution in [3.05, 3.63) is 24.1 Å². The number of carboxylic acids is 1. The van der Waals surface area contributed by atoms with Crippen molar-refractivity contribution >= 4 is 5.97 Å². The van der Waals surface area contributed by atoms with Gasteiger partial charge in [-0.15, -0.1) is 0 Å². The molecule has 2 heterocycles. The van der Waals surface area contributed by atoms with Crippen molar-refractivity contribution in [1.82, 2.24) is 15.0 Å². The number of ether oxygens (including phenoxy) is 2. The Bertz CT molecular complexity index is 783. The van der Waals surface area contributed by atoms with E-state index in [1.165, 1.54) is 25.3 Å². The van der Waals surface area contributed by atoms with Crippen LogP contribution < -0.4 is 9.47 Å². The van der Waals surface area contributed by atoms with Gasteiger partial charge < -0.3 is 19.1 Å². The molecule has 2 aromatic rings. The first-order valence-corrected chi connectivity index (χ1v) is 7.90. The van der Waals surface area contributed by atoms with Crippen molar-refractivity contribution in [2.75, 3.05) is 13.7 Å². The zero-order valence-corrected chi connectivity index (χ0v) is 13.9. The number of carboxylic acid groups (broad SMARTS) is 1. The lowest BCUT2D eigenvalue weighted by atomic mass is 10.2. The van der Waals surface area contributed by atoms with Crippen LogP contribution in [0.25, 0.3) is 11.4 Å². The van der Waals surface area contributed by atoms with Crippen molar-refractivity contribution in [3.63, 3.8) is 0 Å². The van der Waals surface area contributed by atoms with Crippen molar-refractivity contribution in [2.45, 2.75) is 32.0 Å². The van der Waals surface area contributed by atoms with Gasteiger partial charge in [0.05, 0.1) is 13.7 Å². The quantitative estimate of drug-likeness (QED) is 0.794. The lowest BCUT2D eigenvalue weighted by Crippen LogP contribution is -2.35. The van der Waals surface area contributed by atoms with E-state index in [0.29, 0.717) is 18.5 Å². The van der Waals surface area contributed by atoms with E-state index in [2.05, 4.69) is 14.9 Å². The molecule has 26 heavy (non-hydrogen) atoms. The second-order valence-corrected chi connectivity index (χ2v) is 5.72. The third-order valence-electron chi connectivity index (χ3n) is 4.09. The average molecular weight is 369 g/mol. The second kappa shape index (κ2) is 7.65. The molecular weight excluding hydrogens is 352 g/mol. The van der Waals surface area contributed by atoms with Gasteiger partial charge in [0.25, 0.3) is 0 Å². The van der Waals surface area contributed by atoms with Crippen LogP contribution in [0.4, 0.5) is 8.78 Å². The Labute approximate surface area is 147 Å². The number of aromatic nitrogens is 2. The number of aliphatic carboxylic acids is 1. The van der Waals surface area contributed by atoms with E-state index in [0.717, 1.165) is 6.42 Å². The average Bonchev–Trinajstić information content (AvgIpc) is 3.24. The Balaban J connectivity index is 1.76. The highest BCUT2D eigenvalue weighted by atomic mass is 19.3. The number of nitrogens with zero attached hydrogens (tertiary/aromatic N) is 3. The fourth-order valence-corrected chi connectivity index (χ4v) is 2.91. The Kier molecular flexibility index (Phi) is 5.31. The first-order valence-electron chi connectivity index (χ1n) is 7.90. The third kappa shape index (κ3) is 3.90. The molecule has 0 unspecified atom stereocenters. The highest BCUT2D eigenvalue weighted by Gasteiger charge is 2.31. The molecule has 3 rings (SSSR count). The Hall–Kier alpha value is -2.75. The molecule has 0 spiro atoms. The lowest BCUT2D eigenvalue weighted by molar-refractivity contribution is -0.142. The molecule has 0 amide bonds. The van der Waals surface area contributed by atoms with Gasteiger partial charge in [-0.1, -0.05) is 5.16 Å². The van der Waals surface area contributed by atoms with Gasteiger partial charge in [0.15, 0.2) is 11.5 Å². The van der Waals surface area contributed by atoms with E-state index in [-0.39, 0.29) is 29.8 Å². The summed E-state index contributed by atoms with van der Waals surface area (Å²) in [6, 6.07) is 3.74. The fraction of sp³-hybridized carbons (Fsp3) is 0.438. The van der Waals surface area contributed by atoms with Gasteiger partial charge in [0.2, 0.25) is 11.7 Å². The number of carbonyl (C=O) groups is 1. The van der Waals surface area contributed by atoms with Crippen LogP contribution in [0.5, 0.6) is 11.5 Å². The molecule has 140 valence electrons. The molecule has 1 atom stereocenters. The van der Waals surface area contributed by atoms with Crippen molar-refractivity contribution in [2.24, 2.45) is 0 Å². The van der Waals surface area contributed by atoms with E-state index in [1.807, 2.05) is 0 Å². The number of likely N-dealkylation sites (tertiary alicyclic amines) is 1. The van der Waals surface area contributed by atoms with Crippen molar-refractivity contribution in [3.8, 4) is 22.9 Å². The monoisotopic (exact) mass is 369 g/mol. The van der Waals surface area contributed by atoms with Crippen LogP contribution in [0, 0.1) is 0 Å². The number of benzene rings is 1. The molecule has 1 saturated heterocycles. The minimum absolute atomic E-state index is 0.101. The summed E-state index contributed by atoms with van der Waals surface area (Å²) in [5, 5.41) is 13.1. The van der Waals surface area contributed by atoms with Crippen molar-refractivity contribution < 1.29 is 32.7 Å². The van der Waals surface area contributed by atoms with Gasteiger partial charge in [-0.05, 0) is 37.6 Å². The number of methoxy groups -OCH3 is 1. The second-order valence-electron chi connectivity index (χ2n) is 5.72. The Morgan fingerprint density at radius 2 is 2.27 bits per heavy atom. The molecule has 1 aromatic heterocycles. The topological polar surface area (TPSA) is 97.9 Å². The number of alkyl halides is 2. The molecule has 1 aromatic carbocycles. The number of rotatable bonds is 7. The first-order chi connectivity index (χ1) is 12.5. The van der Waals surface area contributed by atoms with Gasteiger partial charge in [-0.2, -0.15) is 13.8 Å². The predicted octanol–water partition coefficient (Wildman–Crippen LogP) is 2.40. The summed E-state index contributed by atoms with van der Waals surface area (Å²) >= 11 is 0. The first kappa shape index (κ1) is 18.1. The van der Waals surface area contributed by atoms with Gasteiger partial charge in [-0.3, -0.25) is 9.69 Å². The maximum atomic E-state index is 12.4. The standard InChI is InChI=1S/C16H17F2N3O5/c1-24-12-7-9(4-5-11(12)25-16(17)18)14-19-13(26-20-14)8-21-6-2-3-10(21)15(22)23/h4-5,7,10,16H,2-3,6,8H2,1H3,(H,22,23)/t10-/m0/s1. The minimum atomic E-state index is -2.96. The predicted molar refractivity (Wildman–Crippen MR) is 84.0 cm³/mol. The summed E-state index contributed by atoms with van der Waals surface area (Å²) in [4.78, 5) is 17.2. The van der Waals surface area contributed by atoms with E-state index >= 15 is 0 Å². The fourth-order valence-electron chi connectivity index (χ4n) is 2.91. The number of halogens is 2. The van der Waals surface area contributed by atoms with Crippen LogP contribution >= 0.6 is 0 Å². The highest BCUT2D eigenvalue weighted by molar-refractivity contribution is 5.73. The smallest absolute Gasteiger partial charge is 0.387 e. The zero-order valence-electron chi connectivity index (χ0n) is 13.9. The van der Waals surface area contributed by atoms with Gasteiger partial charge >= 0.3 is 12.6 Å². The van der Waals surface area contributed by atoms with E-state index in [4.69, 9.17) is 9.26 Å². The van der Waals surface area contributed by atoms with Crippen LogP contribution in [0.3, 0.4) is 0 Å². The van der Waals surface area contributed by atoms with E-state index < -0.39 is 18.6 Å². The van der Waals surface area contributed by atoms with Crippen LogP contribution in [-0.2, 0) is 11.3 Å². The summed E-state index contributed by atoms with van der Waals surface area (Å²) < 4.78 is 39.4. The Morgan fingerprint density at radius 1 is 1.46 bits per heavy atom. The molecule has 10 heteroatoms. The summed E-state index contributed by atoms with van der Waals surface area (Å²) in [5.74, 6) is -0.342. The highest BCUT2D eigenvalue weighted by Crippen LogP contribution is 2.32. The van der Waals surface area contributed by atoms with Crippen LogP contribution in [-0.4, -0.2) is 52.4 Å². The molecule has 0 aliphatic carbocycles. The summed E-state index contributed by atoms with van der Waals surface area (Å²) in [6.45, 7) is -2.09. The number of hydrogen-bond donors (Lipinski definition) is 1. The molecule has 1 aliphatic heterocycles. The molecule has 1 N–H and O–H groups in total. The summed E-state index contributed by atoms with van der Waals surface area (Å²) in [6.07, 6.45) is 1.37. The minimum Gasteiger partial charge on any atom is -0.493 e. The zero-order chi connectivity index (χ0) is 18.7. The maximum Gasteiger partial charge on any atom is 0.387 e. The SMILES string of the molecule is COc1cc(-c2noc(CN3CCC[C@H]3C(=O)O)n2)ccc1OC(F)F. The molecule has 0 bridgehead atoms. The maximum absolute atomic E-state index is 12.4. The summed E-state index contributed by atoms with van der Waals surface area (Å²) in [5.41, 5.74) is 0.495. The van der Waals surface area contributed by atoms with E-state index in [9.17, 15) is 18.7 Å². The normalized spacial score (nSPS) is 17.6. The van der Waals surface area contributed by atoms with Crippen LogP contribution in [0.1, 0.15) is 18.7 Å². The van der Waals surface area contributed by atoms with Crippen molar-refractivity contribution in [1.29, 1.82) is 0 Å². The third-order valence-corrected chi connectivity index (χ3v) is 4.09. The molecule has 8 nitrogen and oxygen atoms in total. The van der Waals surface area contributed by atoms with Gasteiger partial charge in [0, 0.05) is 5.56 Å². The van der Waals surface area contributed by atoms with Crippen LogP contribution in [0.15, 0.2) is 22.7 Å². The van der Waals surface area contributed by atoms with Crippen LogP contribution in [0.2, 0.25) is 0 Å². The molecular formula is C16H17F2N3O5. The molecule has 1 fully saturated rings. The Morgan fingerprint density at radius 3 is 2.96 bits per heavy atom. The lowest BCUT2D eigenvalue weighted by Gasteiger charge is -2.18. The largest absolute Gasteiger partial charge is 0.493 e. The summed E-state index contributed by atoms with van der Waals surface area (Å²) in [7, 11) is 1.33. The molecule has 0 saturated carbocycles. The molecule has 0 radical (unpaired) electrons. The molecule has 1 aliphatic rings. The van der Waals surface area contributed by atoms with Gasteiger partial charge in [0.1, 0.15) is 6.04 Å². The number of hydrogen-bond acceptors (Lipinski definition) is 7. The van der Waals surface area contributed by atoms with E-state index in [1.54, 1.807) is 4.90 Å².